The first-order valence-electron chi connectivity index (χ1n) is 6.80. The molecule has 1 N–H and O–H groups in total. The number of hydrogen-bond donors (Lipinski definition) is 1. The van der Waals surface area contributed by atoms with Gasteiger partial charge < -0.3 is 9.84 Å². The molecule has 0 unspecified atom stereocenters. The Hall–Kier alpha value is -2.02. The van der Waals surface area contributed by atoms with Crippen LogP contribution >= 0.6 is 11.3 Å². The predicted molar refractivity (Wildman–Crippen MR) is 73.8 cm³/mol. The maximum atomic E-state index is 13.1. The van der Waals surface area contributed by atoms with Gasteiger partial charge in [-0.3, -0.25) is 0 Å². The second kappa shape index (κ2) is 7.19. The van der Waals surface area contributed by atoms with Crippen molar-refractivity contribution >= 4 is 11.3 Å². The minimum absolute atomic E-state index is 0.0924. The zero-order valence-corrected chi connectivity index (χ0v) is 13.6. The van der Waals surface area contributed by atoms with Gasteiger partial charge in [-0.25, -0.2) is 4.98 Å². The van der Waals surface area contributed by atoms with E-state index in [-0.39, 0.29) is 10.7 Å². The molecule has 1 aromatic heterocycles. The molecule has 0 saturated heterocycles. The maximum absolute atomic E-state index is 13.1. The summed E-state index contributed by atoms with van der Waals surface area (Å²) in [5.41, 5.74) is -6.61. The topological polar surface area (TPSA) is 42.4 Å². The van der Waals surface area contributed by atoms with Crippen molar-refractivity contribution in [1.82, 2.24) is 4.98 Å². The first-order valence-corrected chi connectivity index (χ1v) is 7.68. The molecule has 2 aromatic rings. The molecule has 3 nitrogen and oxygen atoms in total. The average molecular weight is 425 g/mol. The number of ether oxygens (including phenoxy) is 1. The number of rotatable bonds is 4. The average Bonchev–Trinajstić information content (AvgIpc) is 2.97. The summed E-state index contributed by atoms with van der Waals surface area (Å²) in [7, 11) is 0. The highest BCUT2D eigenvalue weighted by molar-refractivity contribution is 7.09. The number of hydrogen-bond acceptors (Lipinski definition) is 4. The first kappa shape index (κ1) is 21.3. The Labute approximate surface area is 149 Å². The molecule has 0 saturated carbocycles. The van der Waals surface area contributed by atoms with Crippen LogP contribution in [0.4, 0.5) is 39.5 Å². The van der Waals surface area contributed by atoms with E-state index in [1.807, 2.05) is 0 Å². The van der Waals surface area contributed by atoms with E-state index in [2.05, 4.69) is 9.72 Å². The summed E-state index contributed by atoms with van der Waals surface area (Å²) >= 11 is 0.876. The fourth-order valence-electron chi connectivity index (χ4n) is 2.00. The van der Waals surface area contributed by atoms with E-state index in [0.29, 0.717) is 0 Å². The van der Waals surface area contributed by atoms with Crippen molar-refractivity contribution in [3.8, 4) is 5.75 Å². The largest absolute Gasteiger partial charge is 0.486 e. The van der Waals surface area contributed by atoms with Gasteiger partial charge in [-0.2, -0.15) is 39.5 Å². The molecule has 0 atom stereocenters. The van der Waals surface area contributed by atoms with Crippen molar-refractivity contribution in [3.05, 3.63) is 44.9 Å². The third-order valence-corrected chi connectivity index (χ3v) is 4.01. The lowest BCUT2D eigenvalue weighted by Gasteiger charge is -2.21. The molecule has 0 amide bonds. The van der Waals surface area contributed by atoms with Gasteiger partial charge in [0.05, 0.1) is 29.0 Å². The van der Waals surface area contributed by atoms with Crippen LogP contribution in [0.25, 0.3) is 0 Å². The van der Waals surface area contributed by atoms with Gasteiger partial charge in [0.25, 0.3) is 0 Å². The Morgan fingerprint density at radius 3 is 1.78 bits per heavy atom. The molecule has 150 valence electrons. The number of nitrogens with zero attached hydrogens (tertiary/aromatic N) is 1. The van der Waals surface area contributed by atoms with E-state index in [1.54, 1.807) is 0 Å². The van der Waals surface area contributed by atoms with E-state index in [0.717, 1.165) is 11.3 Å². The summed E-state index contributed by atoms with van der Waals surface area (Å²) in [5.74, 6) is -1.78. The minimum atomic E-state index is -5.53. The number of aliphatic hydroxyl groups is 1. The zero-order valence-electron chi connectivity index (χ0n) is 12.8. The minimum Gasteiger partial charge on any atom is -0.486 e. The van der Waals surface area contributed by atoms with Gasteiger partial charge in [0, 0.05) is 5.38 Å². The molecule has 1 aromatic carbocycles. The third-order valence-electron chi connectivity index (χ3n) is 3.13. The number of halogens is 9. The van der Waals surface area contributed by atoms with E-state index >= 15 is 0 Å². The van der Waals surface area contributed by atoms with Crippen LogP contribution < -0.4 is 4.74 Å². The molecule has 1 heterocycles. The predicted octanol–water partition coefficient (Wildman–Crippen LogP) is 5.27. The smallest absolute Gasteiger partial charge is 0.419 e. The Bertz CT molecular complexity index is 773. The van der Waals surface area contributed by atoms with Crippen LogP contribution in [-0.2, 0) is 31.7 Å². The van der Waals surface area contributed by atoms with E-state index in [1.165, 1.54) is 5.38 Å². The normalized spacial score (nSPS) is 13.1. The fourth-order valence-corrected chi connectivity index (χ4v) is 2.64. The molecule has 13 heteroatoms. The van der Waals surface area contributed by atoms with Crippen LogP contribution in [0, 0.1) is 0 Å². The third kappa shape index (κ3) is 5.03. The summed E-state index contributed by atoms with van der Waals surface area (Å²) in [6, 6.07) is -0.879. The Balaban J connectivity index is 2.58. The van der Waals surface area contributed by atoms with Crippen molar-refractivity contribution in [1.29, 1.82) is 0 Å². The molecular formula is C14H8F9NO2S. The first-order chi connectivity index (χ1) is 12.2. The lowest BCUT2D eigenvalue weighted by atomic mass is 10.0. The summed E-state index contributed by atoms with van der Waals surface area (Å²) in [5, 5.41) is 10.2. The van der Waals surface area contributed by atoms with Crippen LogP contribution in [0.2, 0.25) is 0 Å². The second-order valence-electron chi connectivity index (χ2n) is 5.07. The van der Waals surface area contributed by atoms with Gasteiger partial charge in [0.2, 0.25) is 0 Å². The number of thiazole rings is 1. The Kier molecular flexibility index (Phi) is 5.66. The van der Waals surface area contributed by atoms with Gasteiger partial charge in [0.1, 0.15) is 17.4 Å². The standard InChI is InChI=1S/C14H8F9NO2S/c15-12(16,17)6-1-8(13(18,19)20)11(9(2-6)14(21,22)23)26-4-7-5-27-10(3-25)24-7/h1-2,5,25H,3-4H2. The molecule has 0 aliphatic carbocycles. The van der Waals surface area contributed by atoms with E-state index in [4.69, 9.17) is 5.11 Å². The molecule has 0 fully saturated rings. The molecule has 27 heavy (non-hydrogen) atoms. The molecule has 2 rings (SSSR count). The summed E-state index contributed by atoms with van der Waals surface area (Å²) < 4.78 is 121. The van der Waals surface area contributed by atoms with Gasteiger partial charge in [-0.15, -0.1) is 11.3 Å². The number of aromatic nitrogens is 1. The quantitative estimate of drug-likeness (QED) is 0.679. The van der Waals surface area contributed by atoms with Gasteiger partial charge in [0.15, 0.2) is 0 Å². The van der Waals surface area contributed by atoms with Crippen LogP contribution in [0.1, 0.15) is 27.4 Å². The summed E-state index contributed by atoms with van der Waals surface area (Å²) in [6.45, 7) is -1.37. The highest BCUT2D eigenvalue weighted by Gasteiger charge is 2.45. The number of aliphatic hydroxyl groups excluding tert-OH is 1. The van der Waals surface area contributed by atoms with Gasteiger partial charge in [-0.05, 0) is 12.1 Å². The van der Waals surface area contributed by atoms with Crippen LogP contribution in [0.5, 0.6) is 5.75 Å². The monoisotopic (exact) mass is 425 g/mol. The fraction of sp³-hybridized carbons (Fsp3) is 0.357. The zero-order chi connectivity index (χ0) is 20.6. The van der Waals surface area contributed by atoms with Crippen molar-refractivity contribution in [2.45, 2.75) is 31.7 Å². The van der Waals surface area contributed by atoms with E-state index in [9.17, 15) is 39.5 Å². The van der Waals surface area contributed by atoms with Crippen molar-refractivity contribution in [3.63, 3.8) is 0 Å². The van der Waals surface area contributed by atoms with Gasteiger partial charge >= 0.3 is 18.5 Å². The highest BCUT2D eigenvalue weighted by atomic mass is 32.1. The number of benzene rings is 1. The maximum Gasteiger partial charge on any atom is 0.419 e. The highest BCUT2D eigenvalue weighted by Crippen LogP contribution is 2.47. The molecule has 0 bridgehead atoms. The SMILES string of the molecule is OCc1nc(COc2c(C(F)(F)F)cc(C(F)(F)F)cc2C(F)(F)F)cs1. The van der Waals surface area contributed by atoms with Crippen molar-refractivity contribution in [2.24, 2.45) is 0 Å². The van der Waals surface area contributed by atoms with Gasteiger partial charge in [-0.1, -0.05) is 0 Å². The molecule has 0 radical (unpaired) electrons. The lowest BCUT2D eigenvalue weighted by molar-refractivity contribution is -0.150. The number of alkyl halides is 9. The van der Waals surface area contributed by atoms with Crippen LogP contribution in [0.3, 0.4) is 0 Å². The van der Waals surface area contributed by atoms with Crippen LogP contribution in [-0.4, -0.2) is 10.1 Å². The summed E-state index contributed by atoms with van der Waals surface area (Å²) in [6.07, 6.45) is -16.5. The van der Waals surface area contributed by atoms with Crippen LogP contribution in [0.15, 0.2) is 17.5 Å². The van der Waals surface area contributed by atoms with Crippen molar-refractivity contribution < 1.29 is 49.4 Å². The Morgan fingerprint density at radius 1 is 0.889 bits per heavy atom. The van der Waals surface area contributed by atoms with Crippen molar-refractivity contribution in [2.75, 3.05) is 0 Å². The molecule has 0 aliphatic heterocycles. The second-order valence-corrected chi connectivity index (χ2v) is 6.02. The lowest BCUT2D eigenvalue weighted by Crippen LogP contribution is -2.18. The molecule has 0 aliphatic rings. The summed E-state index contributed by atoms with van der Waals surface area (Å²) in [4.78, 5) is 3.69. The molecule has 0 spiro atoms. The Morgan fingerprint density at radius 2 is 1.41 bits per heavy atom. The van der Waals surface area contributed by atoms with E-state index < -0.39 is 66.3 Å². The molecular weight excluding hydrogens is 417 g/mol.